The van der Waals surface area contributed by atoms with Gasteiger partial charge < -0.3 is 5.32 Å². The van der Waals surface area contributed by atoms with Gasteiger partial charge in [-0.25, -0.2) is 28.1 Å². The first-order valence-corrected chi connectivity index (χ1v) is 7.86. The van der Waals surface area contributed by atoms with Crippen molar-refractivity contribution in [3.63, 3.8) is 0 Å². The molecule has 8 heteroatoms. The first-order valence-electron chi connectivity index (χ1n) is 7.06. The molecule has 3 aromatic rings. The fourth-order valence-electron chi connectivity index (χ4n) is 2.40. The van der Waals surface area contributed by atoms with Gasteiger partial charge in [-0.1, -0.05) is 18.2 Å². The Morgan fingerprint density at radius 3 is 2.62 bits per heavy atom. The maximum atomic E-state index is 14.3. The van der Waals surface area contributed by atoms with Crippen LogP contribution in [0.15, 0.2) is 41.4 Å². The molecular weight excluding hydrogens is 385 g/mol. The maximum absolute atomic E-state index is 14.3. The van der Waals surface area contributed by atoms with Crippen LogP contribution in [0, 0.1) is 5.82 Å². The molecule has 0 spiro atoms. The molecule has 3 rings (SSSR count). The van der Waals surface area contributed by atoms with Crippen molar-refractivity contribution in [3.05, 3.63) is 58.3 Å². The quantitative estimate of drug-likeness (QED) is 0.627. The van der Waals surface area contributed by atoms with Gasteiger partial charge in [0.2, 0.25) is 0 Å². The van der Waals surface area contributed by atoms with Crippen LogP contribution in [0.5, 0.6) is 0 Å². The number of halogens is 4. The van der Waals surface area contributed by atoms with E-state index in [-0.39, 0.29) is 5.56 Å². The van der Waals surface area contributed by atoms with Crippen LogP contribution < -0.4 is 5.32 Å². The number of hydrogen-bond donors (Lipinski definition) is 1. The van der Waals surface area contributed by atoms with E-state index in [9.17, 15) is 13.2 Å². The molecule has 4 nitrogen and oxygen atoms in total. The Morgan fingerprint density at radius 2 is 1.88 bits per heavy atom. The van der Waals surface area contributed by atoms with Crippen molar-refractivity contribution in [3.8, 4) is 0 Å². The molecule has 1 unspecified atom stereocenters. The highest BCUT2D eigenvalue weighted by atomic mass is 79.9. The highest BCUT2D eigenvalue weighted by molar-refractivity contribution is 9.10. The monoisotopic (exact) mass is 396 g/mol. The van der Waals surface area contributed by atoms with Gasteiger partial charge in [0, 0.05) is 10.9 Å². The molecule has 0 fully saturated rings. The van der Waals surface area contributed by atoms with E-state index in [1.54, 1.807) is 19.2 Å². The largest absolute Gasteiger partial charge is 0.363 e. The fourth-order valence-corrected chi connectivity index (χ4v) is 2.73. The van der Waals surface area contributed by atoms with E-state index in [1.807, 2.05) is 0 Å². The molecule has 24 heavy (non-hydrogen) atoms. The molecule has 0 saturated carbocycles. The third-order valence-electron chi connectivity index (χ3n) is 3.60. The summed E-state index contributed by atoms with van der Waals surface area (Å²) in [4.78, 5) is 12.4. The number of fused-ring (bicyclic) bond motifs is 1. The number of aromatic nitrogens is 3. The zero-order valence-corrected chi connectivity index (χ0v) is 14.1. The van der Waals surface area contributed by atoms with Crippen molar-refractivity contribution in [1.29, 1.82) is 0 Å². The van der Waals surface area contributed by atoms with Gasteiger partial charge in [0.15, 0.2) is 0 Å². The SMILES string of the molecule is CC(Nc1ncnc2cnc(Br)cc12)c1cccc(C(F)F)c1F. The van der Waals surface area contributed by atoms with Gasteiger partial charge in [-0.05, 0) is 28.9 Å². The number of anilines is 1. The Bertz CT molecular complexity index is 888. The zero-order valence-electron chi connectivity index (χ0n) is 12.5. The summed E-state index contributed by atoms with van der Waals surface area (Å²) in [7, 11) is 0. The van der Waals surface area contributed by atoms with Gasteiger partial charge in [-0.3, -0.25) is 0 Å². The van der Waals surface area contributed by atoms with Crippen LogP contribution in [0.4, 0.5) is 19.0 Å². The summed E-state index contributed by atoms with van der Waals surface area (Å²) in [6.45, 7) is 1.68. The molecule has 1 aromatic carbocycles. The summed E-state index contributed by atoms with van der Waals surface area (Å²) >= 11 is 3.28. The van der Waals surface area contributed by atoms with Gasteiger partial charge in [-0.2, -0.15) is 0 Å². The Morgan fingerprint density at radius 1 is 1.12 bits per heavy atom. The van der Waals surface area contributed by atoms with Crippen LogP contribution in [0.1, 0.15) is 30.5 Å². The molecule has 2 aromatic heterocycles. The second-order valence-corrected chi connectivity index (χ2v) is 5.98. The Hall–Kier alpha value is -2.22. The first kappa shape index (κ1) is 16.6. The Kier molecular flexibility index (Phi) is 4.66. The predicted molar refractivity (Wildman–Crippen MR) is 88.4 cm³/mol. The van der Waals surface area contributed by atoms with Gasteiger partial charge >= 0.3 is 0 Å². The predicted octanol–water partition coefficient (Wildman–Crippen LogP) is 5.04. The second kappa shape index (κ2) is 6.72. The van der Waals surface area contributed by atoms with E-state index < -0.39 is 23.8 Å². The number of rotatable bonds is 4. The average Bonchev–Trinajstić information content (AvgIpc) is 2.55. The van der Waals surface area contributed by atoms with Crippen LogP contribution in [0.25, 0.3) is 10.9 Å². The number of hydrogen-bond acceptors (Lipinski definition) is 4. The standard InChI is InChI=1S/C16H12BrF3N4/c1-8(9-3-2-4-10(14(9)18)15(19)20)24-16-11-5-13(17)21-6-12(11)22-7-23-16/h2-8,15H,1H3,(H,22,23,24). The van der Waals surface area contributed by atoms with Crippen molar-refractivity contribution < 1.29 is 13.2 Å². The van der Waals surface area contributed by atoms with Crippen molar-refractivity contribution in [1.82, 2.24) is 15.0 Å². The molecule has 124 valence electrons. The minimum absolute atomic E-state index is 0.146. The second-order valence-electron chi connectivity index (χ2n) is 5.16. The maximum Gasteiger partial charge on any atom is 0.266 e. The van der Waals surface area contributed by atoms with Crippen LogP contribution in [0.3, 0.4) is 0 Å². The summed E-state index contributed by atoms with van der Waals surface area (Å²) in [6, 6.07) is 5.14. The van der Waals surface area contributed by atoms with Gasteiger partial charge in [0.25, 0.3) is 6.43 Å². The molecule has 0 amide bonds. The number of benzene rings is 1. The van der Waals surface area contributed by atoms with E-state index >= 15 is 0 Å². The average molecular weight is 397 g/mol. The normalized spacial score (nSPS) is 12.6. The van der Waals surface area contributed by atoms with Crippen molar-refractivity contribution in [2.75, 3.05) is 5.32 Å². The molecule has 0 radical (unpaired) electrons. The summed E-state index contributed by atoms with van der Waals surface area (Å²) in [5.41, 5.74) is 0.151. The van der Waals surface area contributed by atoms with Gasteiger partial charge in [0.1, 0.15) is 22.6 Å². The number of nitrogens with one attached hydrogen (secondary N) is 1. The highest BCUT2D eigenvalue weighted by Gasteiger charge is 2.20. The summed E-state index contributed by atoms with van der Waals surface area (Å²) < 4.78 is 40.6. The van der Waals surface area contributed by atoms with E-state index in [0.717, 1.165) is 6.07 Å². The number of alkyl halides is 2. The minimum atomic E-state index is -2.86. The summed E-state index contributed by atoms with van der Waals surface area (Å²) in [5, 5.41) is 3.74. The molecule has 2 heterocycles. The third-order valence-corrected chi connectivity index (χ3v) is 4.04. The lowest BCUT2D eigenvalue weighted by Crippen LogP contribution is -2.11. The van der Waals surface area contributed by atoms with Crippen LogP contribution in [0.2, 0.25) is 0 Å². The molecule has 0 saturated heterocycles. The van der Waals surface area contributed by atoms with Gasteiger partial charge in [-0.15, -0.1) is 0 Å². The zero-order chi connectivity index (χ0) is 17.3. The fraction of sp³-hybridized carbons (Fsp3) is 0.188. The molecule has 0 bridgehead atoms. The Balaban J connectivity index is 1.98. The van der Waals surface area contributed by atoms with Crippen molar-refractivity contribution in [2.24, 2.45) is 0 Å². The summed E-state index contributed by atoms with van der Waals surface area (Å²) in [6.07, 6.45) is 0.0764. The lowest BCUT2D eigenvalue weighted by atomic mass is 10.0. The van der Waals surface area contributed by atoms with Crippen LogP contribution in [-0.2, 0) is 0 Å². The van der Waals surface area contributed by atoms with Crippen LogP contribution >= 0.6 is 15.9 Å². The molecule has 1 N–H and O–H groups in total. The smallest absolute Gasteiger partial charge is 0.266 e. The lowest BCUT2D eigenvalue weighted by molar-refractivity contribution is 0.146. The van der Waals surface area contributed by atoms with E-state index in [4.69, 9.17) is 0 Å². The highest BCUT2D eigenvalue weighted by Crippen LogP contribution is 2.30. The van der Waals surface area contributed by atoms with Crippen molar-refractivity contribution >= 4 is 32.7 Å². The van der Waals surface area contributed by atoms with E-state index in [2.05, 4.69) is 36.2 Å². The van der Waals surface area contributed by atoms with Crippen molar-refractivity contribution in [2.45, 2.75) is 19.4 Å². The lowest BCUT2D eigenvalue weighted by Gasteiger charge is -2.18. The number of pyridine rings is 1. The van der Waals surface area contributed by atoms with E-state index in [1.165, 1.54) is 18.5 Å². The molecule has 0 aliphatic heterocycles. The van der Waals surface area contributed by atoms with Gasteiger partial charge in [0.05, 0.1) is 23.3 Å². The first-order chi connectivity index (χ1) is 11.5. The topological polar surface area (TPSA) is 50.7 Å². The third kappa shape index (κ3) is 3.19. The Labute approximate surface area is 144 Å². The van der Waals surface area contributed by atoms with Crippen LogP contribution in [-0.4, -0.2) is 15.0 Å². The summed E-state index contributed by atoms with van der Waals surface area (Å²) in [5.74, 6) is -0.439. The molecular formula is C16H12BrF3N4. The molecule has 1 atom stereocenters. The molecule has 0 aliphatic carbocycles. The van der Waals surface area contributed by atoms with E-state index in [0.29, 0.717) is 21.3 Å². The number of nitrogens with zero attached hydrogens (tertiary/aromatic N) is 3. The molecule has 0 aliphatic rings. The minimum Gasteiger partial charge on any atom is -0.363 e.